The van der Waals surface area contributed by atoms with Gasteiger partial charge in [0.25, 0.3) is 5.56 Å². The average Bonchev–Trinajstić information content (AvgIpc) is 3.15. The number of nitrogens with zero attached hydrogens (tertiary/aromatic N) is 4. The van der Waals surface area contributed by atoms with Gasteiger partial charge in [-0.1, -0.05) is 44.0 Å². The molecule has 0 spiro atoms. The van der Waals surface area contributed by atoms with E-state index >= 15 is 0 Å². The summed E-state index contributed by atoms with van der Waals surface area (Å²) < 4.78 is 2.60. The Morgan fingerprint density at radius 3 is 2.56 bits per heavy atom. The van der Waals surface area contributed by atoms with Crippen molar-refractivity contribution < 1.29 is 9.90 Å². The minimum Gasteiger partial charge on any atom is -0.465 e. The van der Waals surface area contributed by atoms with Crippen LogP contribution >= 0.6 is 11.6 Å². The van der Waals surface area contributed by atoms with E-state index in [0.29, 0.717) is 13.0 Å². The number of unbranched alkanes of at least 4 members (excludes halogenated alkanes) is 2. The third-order valence-electron chi connectivity index (χ3n) is 5.52. The summed E-state index contributed by atoms with van der Waals surface area (Å²) in [7, 11) is 0. The molecule has 1 aromatic carbocycles. The Bertz CT molecular complexity index is 1210. The molecule has 0 aliphatic rings. The molecule has 0 fully saturated rings. The number of aromatic nitrogens is 4. The fourth-order valence-electron chi connectivity index (χ4n) is 3.71. The summed E-state index contributed by atoms with van der Waals surface area (Å²) in [5.41, 5.74) is 1.40. The average molecular weight is 462 g/mol. The Kier molecular flexibility index (Phi) is 7.74. The van der Waals surface area contributed by atoms with E-state index in [2.05, 4.69) is 16.9 Å². The normalized spacial score (nSPS) is 11.2. The number of carbonyl (C=O) groups is 1. The summed E-state index contributed by atoms with van der Waals surface area (Å²) >= 11 is 5.96. The van der Waals surface area contributed by atoms with E-state index in [9.17, 15) is 19.5 Å². The van der Waals surface area contributed by atoms with Crippen molar-refractivity contribution in [3.8, 4) is 0 Å². The van der Waals surface area contributed by atoms with E-state index < -0.39 is 17.3 Å². The number of imidazole rings is 1. The van der Waals surface area contributed by atoms with Crippen LogP contribution in [0.25, 0.3) is 11.2 Å². The zero-order valence-corrected chi connectivity index (χ0v) is 19.1. The molecule has 0 bridgehead atoms. The van der Waals surface area contributed by atoms with Crippen LogP contribution in [0.2, 0.25) is 5.28 Å². The van der Waals surface area contributed by atoms with Gasteiger partial charge in [0.1, 0.15) is 0 Å². The molecular formula is C22H28ClN5O4. The van der Waals surface area contributed by atoms with Gasteiger partial charge < -0.3 is 15.0 Å². The number of halogens is 1. The van der Waals surface area contributed by atoms with Gasteiger partial charge in [0.15, 0.2) is 11.2 Å². The summed E-state index contributed by atoms with van der Waals surface area (Å²) in [6.07, 6.45) is 1.98. The van der Waals surface area contributed by atoms with E-state index in [-0.39, 0.29) is 36.1 Å². The molecule has 2 heterocycles. The second-order valence-electron chi connectivity index (χ2n) is 7.81. The molecule has 3 rings (SSSR count). The number of benzene rings is 1. The minimum atomic E-state index is -1.05. The Morgan fingerprint density at radius 1 is 1.16 bits per heavy atom. The molecule has 0 atom stereocenters. The van der Waals surface area contributed by atoms with Crippen molar-refractivity contribution in [3.05, 3.63) is 61.5 Å². The highest BCUT2D eigenvalue weighted by molar-refractivity contribution is 6.28. The lowest BCUT2D eigenvalue weighted by atomic mass is 10.1. The quantitative estimate of drug-likeness (QED) is 0.353. The lowest BCUT2D eigenvalue weighted by Gasteiger charge is -2.20. The Hall–Kier alpha value is -3.07. The summed E-state index contributed by atoms with van der Waals surface area (Å²) in [4.78, 5) is 45.8. The highest BCUT2D eigenvalue weighted by Crippen LogP contribution is 2.13. The molecule has 2 aromatic heterocycles. The molecule has 0 unspecified atom stereocenters. The molecule has 10 heteroatoms. The topological polar surface area (TPSA) is 113 Å². The van der Waals surface area contributed by atoms with E-state index in [4.69, 9.17) is 11.6 Å². The lowest BCUT2D eigenvalue weighted by Crippen LogP contribution is -2.41. The fourth-order valence-corrected chi connectivity index (χ4v) is 3.89. The summed E-state index contributed by atoms with van der Waals surface area (Å²) in [6.45, 7) is 4.95. The number of hydrogen-bond acceptors (Lipinski definition) is 4. The Labute approximate surface area is 190 Å². The van der Waals surface area contributed by atoms with Crippen LogP contribution in [0, 0.1) is 6.92 Å². The van der Waals surface area contributed by atoms with Crippen molar-refractivity contribution in [2.75, 3.05) is 6.54 Å². The third kappa shape index (κ3) is 5.21. The maximum Gasteiger partial charge on any atom is 0.407 e. The Morgan fingerprint density at radius 2 is 1.88 bits per heavy atom. The number of aryl methyl sites for hydroxylation is 2. The van der Waals surface area contributed by atoms with Crippen LogP contribution in [0.4, 0.5) is 4.79 Å². The van der Waals surface area contributed by atoms with Gasteiger partial charge in [-0.05, 0) is 42.5 Å². The number of amides is 1. The zero-order valence-electron chi connectivity index (χ0n) is 18.3. The van der Waals surface area contributed by atoms with Crippen LogP contribution in [0.1, 0.15) is 43.7 Å². The molecule has 9 nitrogen and oxygen atoms in total. The zero-order chi connectivity index (χ0) is 23.3. The summed E-state index contributed by atoms with van der Waals surface area (Å²) in [5.74, 6) is 0. The van der Waals surface area contributed by atoms with Gasteiger partial charge in [0, 0.05) is 26.2 Å². The SMILES string of the molecule is CCCCCn1c(=O)n(CCCN(Cc2ccccc2C)C(=O)O)c(=O)c2[nH]c(Cl)nc21. The molecule has 0 saturated heterocycles. The number of aromatic amines is 1. The fraction of sp³-hybridized carbons (Fsp3) is 0.455. The minimum absolute atomic E-state index is 0.0498. The van der Waals surface area contributed by atoms with Crippen molar-refractivity contribution in [2.45, 2.75) is 59.2 Å². The molecule has 0 aliphatic carbocycles. The molecule has 0 aliphatic heterocycles. The third-order valence-corrected chi connectivity index (χ3v) is 5.70. The lowest BCUT2D eigenvalue weighted by molar-refractivity contribution is 0.140. The second kappa shape index (κ2) is 10.5. The number of rotatable bonds is 10. The Balaban J connectivity index is 1.81. The number of nitrogens with one attached hydrogen (secondary N) is 1. The maximum atomic E-state index is 13.1. The number of H-pyrrole nitrogens is 1. The van der Waals surface area contributed by atoms with Gasteiger partial charge in [-0.3, -0.25) is 13.9 Å². The van der Waals surface area contributed by atoms with Gasteiger partial charge >= 0.3 is 11.8 Å². The van der Waals surface area contributed by atoms with E-state index in [1.54, 1.807) is 0 Å². The first-order valence-corrected chi connectivity index (χ1v) is 11.1. The van der Waals surface area contributed by atoms with E-state index in [0.717, 1.165) is 35.0 Å². The van der Waals surface area contributed by atoms with Gasteiger partial charge in [-0.15, -0.1) is 0 Å². The monoisotopic (exact) mass is 461 g/mol. The van der Waals surface area contributed by atoms with E-state index in [1.807, 2.05) is 31.2 Å². The summed E-state index contributed by atoms with van der Waals surface area (Å²) in [5, 5.41) is 9.65. The highest BCUT2D eigenvalue weighted by Gasteiger charge is 2.18. The van der Waals surface area contributed by atoms with Crippen molar-refractivity contribution in [2.24, 2.45) is 0 Å². The van der Waals surface area contributed by atoms with E-state index in [1.165, 1.54) is 9.47 Å². The summed E-state index contributed by atoms with van der Waals surface area (Å²) in [6, 6.07) is 7.59. The van der Waals surface area contributed by atoms with Crippen molar-refractivity contribution in [3.63, 3.8) is 0 Å². The van der Waals surface area contributed by atoms with Crippen LogP contribution < -0.4 is 11.2 Å². The van der Waals surface area contributed by atoms with Gasteiger partial charge in [0.05, 0.1) is 0 Å². The number of fused-ring (bicyclic) bond motifs is 1. The van der Waals surface area contributed by atoms with Crippen LogP contribution in [0.15, 0.2) is 33.9 Å². The standard InChI is InChI=1S/C22H28ClN5O4/c1-3-4-7-12-27-18-17(24-20(23)25-18)19(29)28(21(27)30)13-8-11-26(22(31)32)14-16-10-6-5-9-15(16)2/h5-6,9-10H,3-4,7-8,11-14H2,1-2H3,(H,24,25)(H,31,32). The number of carboxylic acid groups (broad SMARTS) is 1. The molecule has 1 amide bonds. The second-order valence-corrected chi connectivity index (χ2v) is 8.17. The smallest absolute Gasteiger partial charge is 0.407 e. The maximum absolute atomic E-state index is 13.1. The van der Waals surface area contributed by atoms with Gasteiger partial charge in [-0.25, -0.2) is 9.59 Å². The predicted molar refractivity (Wildman–Crippen MR) is 123 cm³/mol. The number of hydrogen-bond donors (Lipinski definition) is 2. The molecule has 0 saturated carbocycles. The van der Waals surface area contributed by atoms with Crippen molar-refractivity contribution in [1.82, 2.24) is 24.0 Å². The predicted octanol–water partition coefficient (Wildman–Crippen LogP) is 3.61. The first-order valence-electron chi connectivity index (χ1n) is 10.7. The van der Waals surface area contributed by atoms with Crippen molar-refractivity contribution >= 4 is 28.9 Å². The first kappa shape index (κ1) is 23.6. The van der Waals surface area contributed by atoms with Gasteiger partial charge in [-0.2, -0.15) is 4.98 Å². The largest absolute Gasteiger partial charge is 0.465 e. The highest BCUT2D eigenvalue weighted by atomic mass is 35.5. The van der Waals surface area contributed by atoms with Crippen LogP contribution in [0.3, 0.4) is 0 Å². The molecule has 0 radical (unpaired) electrons. The van der Waals surface area contributed by atoms with Crippen LogP contribution in [0.5, 0.6) is 0 Å². The molecule has 2 N–H and O–H groups in total. The molecule has 32 heavy (non-hydrogen) atoms. The first-order chi connectivity index (χ1) is 15.3. The molecule has 172 valence electrons. The van der Waals surface area contributed by atoms with Crippen molar-refractivity contribution in [1.29, 1.82) is 0 Å². The molecule has 3 aromatic rings. The van der Waals surface area contributed by atoms with Crippen LogP contribution in [-0.2, 0) is 19.6 Å². The van der Waals surface area contributed by atoms with Crippen LogP contribution in [-0.4, -0.2) is 41.7 Å². The van der Waals surface area contributed by atoms with Gasteiger partial charge in [0.2, 0.25) is 5.28 Å². The molecular weight excluding hydrogens is 434 g/mol.